The lowest BCUT2D eigenvalue weighted by Crippen LogP contribution is -2.35. The predicted molar refractivity (Wildman–Crippen MR) is 86.2 cm³/mol. The second-order valence-corrected chi connectivity index (χ2v) is 7.01. The van der Waals surface area contributed by atoms with Gasteiger partial charge in [-0.05, 0) is 61.6 Å². The predicted octanol–water partition coefficient (Wildman–Crippen LogP) is 4.66. The second-order valence-electron chi connectivity index (χ2n) is 7.01. The molecule has 0 amide bonds. The molecule has 1 aromatic rings. The van der Waals surface area contributed by atoms with Crippen molar-refractivity contribution in [2.75, 3.05) is 6.54 Å². The third-order valence-electron chi connectivity index (χ3n) is 5.39. The van der Waals surface area contributed by atoms with Crippen molar-refractivity contribution in [1.29, 1.82) is 0 Å². The maximum atomic E-state index is 3.70. The van der Waals surface area contributed by atoms with E-state index in [1.165, 1.54) is 57.9 Å². The van der Waals surface area contributed by atoms with Gasteiger partial charge in [-0.25, -0.2) is 0 Å². The zero-order valence-corrected chi connectivity index (χ0v) is 12.9. The van der Waals surface area contributed by atoms with Gasteiger partial charge < -0.3 is 5.32 Å². The molecule has 1 nitrogen and oxygen atoms in total. The molecule has 110 valence electrons. The van der Waals surface area contributed by atoms with Gasteiger partial charge in [0.05, 0.1) is 0 Å². The van der Waals surface area contributed by atoms with Gasteiger partial charge in [-0.3, -0.25) is 0 Å². The van der Waals surface area contributed by atoms with E-state index in [1.807, 2.05) is 0 Å². The van der Waals surface area contributed by atoms with Crippen LogP contribution >= 0.6 is 0 Å². The number of hydrogen-bond acceptors (Lipinski definition) is 1. The van der Waals surface area contributed by atoms with Crippen molar-refractivity contribution in [2.24, 2.45) is 5.92 Å². The van der Waals surface area contributed by atoms with E-state index in [1.54, 1.807) is 11.1 Å². The molecule has 1 aliphatic carbocycles. The Hall–Kier alpha value is -0.820. The lowest BCUT2D eigenvalue weighted by Gasteiger charge is -2.30. The van der Waals surface area contributed by atoms with E-state index in [4.69, 9.17) is 0 Å². The quantitative estimate of drug-likeness (QED) is 0.842. The molecular formula is C19H29N. The van der Waals surface area contributed by atoms with Crippen LogP contribution in [0.4, 0.5) is 0 Å². The van der Waals surface area contributed by atoms with E-state index < -0.39 is 0 Å². The van der Waals surface area contributed by atoms with Crippen molar-refractivity contribution in [3.63, 3.8) is 0 Å². The second kappa shape index (κ2) is 6.76. The van der Waals surface area contributed by atoms with Gasteiger partial charge in [-0.1, -0.05) is 50.5 Å². The summed E-state index contributed by atoms with van der Waals surface area (Å²) in [5.41, 5.74) is 3.28. The summed E-state index contributed by atoms with van der Waals surface area (Å²) >= 11 is 0. The zero-order chi connectivity index (χ0) is 13.8. The fourth-order valence-electron chi connectivity index (χ4n) is 4.05. The first-order chi connectivity index (χ1) is 9.83. The Morgan fingerprint density at radius 1 is 1.00 bits per heavy atom. The molecule has 0 radical (unpaired) electrons. The van der Waals surface area contributed by atoms with E-state index in [9.17, 15) is 0 Å². The molecule has 1 heteroatoms. The van der Waals surface area contributed by atoms with Crippen molar-refractivity contribution in [2.45, 2.75) is 70.3 Å². The van der Waals surface area contributed by atoms with Crippen molar-refractivity contribution >= 4 is 0 Å². The van der Waals surface area contributed by atoms with Crippen LogP contribution < -0.4 is 5.32 Å². The van der Waals surface area contributed by atoms with Gasteiger partial charge >= 0.3 is 0 Å². The minimum absolute atomic E-state index is 0.715. The summed E-state index contributed by atoms with van der Waals surface area (Å²) in [6.45, 7) is 3.63. The molecule has 1 N–H and O–H groups in total. The highest BCUT2D eigenvalue weighted by atomic mass is 14.9. The Morgan fingerprint density at radius 3 is 2.55 bits per heavy atom. The Balaban J connectivity index is 1.70. The number of hydrogen-bond donors (Lipinski definition) is 1. The summed E-state index contributed by atoms with van der Waals surface area (Å²) in [5, 5.41) is 3.70. The normalized spacial score (nSPS) is 31.1. The Labute approximate surface area is 124 Å². The van der Waals surface area contributed by atoms with Gasteiger partial charge in [0.1, 0.15) is 0 Å². The third kappa shape index (κ3) is 3.44. The lowest BCUT2D eigenvalue weighted by molar-refractivity contribution is 0.345. The molecule has 0 aromatic heterocycles. The molecule has 1 aromatic carbocycles. The van der Waals surface area contributed by atoms with Gasteiger partial charge in [0.25, 0.3) is 0 Å². The smallest absolute Gasteiger partial charge is 0.0108 e. The molecule has 0 spiro atoms. The number of rotatable bonds is 3. The average molecular weight is 271 g/mol. The van der Waals surface area contributed by atoms with Crippen LogP contribution in [0, 0.1) is 5.92 Å². The number of piperidine rings is 1. The topological polar surface area (TPSA) is 12.0 Å². The fourth-order valence-corrected chi connectivity index (χ4v) is 4.05. The van der Waals surface area contributed by atoms with Gasteiger partial charge in [-0.15, -0.1) is 0 Å². The van der Waals surface area contributed by atoms with Crippen molar-refractivity contribution in [1.82, 2.24) is 5.32 Å². The fraction of sp³-hybridized carbons (Fsp3) is 0.684. The minimum Gasteiger partial charge on any atom is -0.314 e. The number of benzene rings is 1. The van der Waals surface area contributed by atoms with Crippen LogP contribution in [0.3, 0.4) is 0 Å². The molecule has 1 saturated carbocycles. The van der Waals surface area contributed by atoms with Gasteiger partial charge in [-0.2, -0.15) is 0 Å². The van der Waals surface area contributed by atoms with E-state index in [0.29, 0.717) is 6.04 Å². The lowest BCUT2D eigenvalue weighted by atomic mass is 9.77. The zero-order valence-electron chi connectivity index (χ0n) is 12.9. The minimum atomic E-state index is 0.715. The summed E-state index contributed by atoms with van der Waals surface area (Å²) < 4.78 is 0. The van der Waals surface area contributed by atoms with Crippen LogP contribution in [0.1, 0.15) is 68.9 Å². The van der Waals surface area contributed by atoms with E-state index in [0.717, 1.165) is 11.8 Å². The highest BCUT2D eigenvalue weighted by Gasteiger charge is 2.22. The molecular weight excluding hydrogens is 242 g/mol. The molecule has 1 aliphatic heterocycles. The molecule has 2 aliphatic rings. The highest BCUT2D eigenvalue weighted by Crippen LogP contribution is 2.37. The average Bonchev–Trinajstić information content (AvgIpc) is 2.50. The van der Waals surface area contributed by atoms with Gasteiger partial charge in [0.2, 0.25) is 0 Å². The number of nitrogens with one attached hydrogen (secondary N) is 1. The van der Waals surface area contributed by atoms with Crippen LogP contribution in [0.25, 0.3) is 0 Å². The van der Waals surface area contributed by atoms with Crippen molar-refractivity contribution < 1.29 is 0 Å². The van der Waals surface area contributed by atoms with Crippen LogP contribution in [0.5, 0.6) is 0 Å². The van der Waals surface area contributed by atoms with Crippen LogP contribution in [0.2, 0.25) is 0 Å². The Bertz CT molecular complexity index is 412. The Morgan fingerprint density at radius 2 is 1.80 bits per heavy atom. The van der Waals surface area contributed by atoms with E-state index in [2.05, 4.69) is 36.5 Å². The van der Waals surface area contributed by atoms with E-state index in [-0.39, 0.29) is 0 Å². The summed E-state index contributed by atoms with van der Waals surface area (Å²) in [7, 11) is 0. The van der Waals surface area contributed by atoms with Gasteiger partial charge in [0.15, 0.2) is 0 Å². The first kappa shape index (κ1) is 14.1. The summed E-state index contributed by atoms with van der Waals surface area (Å²) in [4.78, 5) is 0. The molecule has 2 fully saturated rings. The first-order valence-electron chi connectivity index (χ1n) is 8.64. The molecule has 1 heterocycles. The maximum Gasteiger partial charge on any atom is 0.0108 e. The van der Waals surface area contributed by atoms with E-state index >= 15 is 0 Å². The molecule has 1 atom stereocenters. The summed E-state index contributed by atoms with van der Waals surface area (Å²) in [5.74, 6) is 1.77. The molecule has 1 saturated heterocycles. The standard InChI is InChI=1S/C19H29N/c1-15-9-11-16(12-10-15)19-8-3-2-6-17(19)14-18-7-4-5-13-20-18/h2-3,6,8,15-16,18,20H,4-5,7,9-14H2,1H3. The summed E-state index contributed by atoms with van der Waals surface area (Å²) in [6.07, 6.45) is 11.0. The molecule has 0 bridgehead atoms. The van der Waals surface area contributed by atoms with Crippen LogP contribution in [0.15, 0.2) is 24.3 Å². The Kier molecular flexibility index (Phi) is 4.77. The molecule has 3 rings (SSSR count). The van der Waals surface area contributed by atoms with Crippen LogP contribution in [-0.4, -0.2) is 12.6 Å². The molecule has 20 heavy (non-hydrogen) atoms. The summed E-state index contributed by atoms with van der Waals surface area (Å²) in [6, 6.07) is 9.97. The maximum absolute atomic E-state index is 3.70. The van der Waals surface area contributed by atoms with Crippen molar-refractivity contribution in [3.8, 4) is 0 Å². The molecule has 1 unspecified atom stereocenters. The first-order valence-corrected chi connectivity index (χ1v) is 8.64. The largest absolute Gasteiger partial charge is 0.314 e. The van der Waals surface area contributed by atoms with Gasteiger partial charge in [0, 0.05) is 6.04 Å². The SMILES string of the molecule is CC1CCC(c2ccccc2CC2CCCCN2)CC1. The monoisotopic (exact) mass is 271 g/mol. The highest BCUT2D eigenvalue weighted by molar-refractivity contribution is 5.31. The van der Waals surface area contributed by atoms with Crippen LogP contribution in [-0.2, 0) is 6.42 Å². The van der Waals surface area contributed by atoms with Crippen molar-refractivity contribution in [3.05, 3.63) is 35.4 Å². The third-order valence-corrected chi connectivity index (χ3v) is 5.39.